The number of thiophene rings is 2. The minimum Gasteiger partial charge on any atom is -0.492 e. The molecule has 0 spiro atoms. The Balaban J connectivity index is 1.96. The maximum atomic E-state index is 5.57. The first kappa shape index (κ1) is 14.5. The predicted octanol–water partition coefficient (Wildman–Crippen LogP) is 4.46. The predicted molar refractivity (Wildman–Crippen MR) is 90.6 cm³/mol. The number of fused-ring (bicyclic) bond motifs is 1. The van der Waals surface area contributed by atoms with Crippen molar-refractivity contribution < 1.29 is 4.74 Å². The molecule has 0 aliphatic heterocycles. The quantitative estimate of drug-likeness (QED) is 0.729. The van der Waals surface area contributed by atoms with Gasteiger partial charge in [-0.15, -0.1) is 22.7 Å². The van der Waals surface area contributed by atoms with Crippen LogP contribution in [-0.2, 0) is 0 Å². The molecule has 0 saturated heterocycles. The Kier molecular flexibility index (Phi) is 4.53. The Morgan fingerprint density at radius 1 is 1.24 bits per heavy atom. The van der Waals surface area contributed by atoms with Gasteiger partial charge in [0.2, 0.25) is 0 Å². The third-order valence-corrected chi connectivity index (χ3v) is 5.39. The number of nitrogens with zero attached hydrogens (tertiary/aromatic N) is 1. The highest BCUT2D eigenvalue weighted by molar-refractivity contribution is 7.27. The van der Waals surface area contributed by atoms with Crippen molar-refractivity contribution in [3.63, 3.8) is 0 Å². The normalized spacial score (nSPS) is 12.7. The van der Waals surface area contributed by atoms with E-state index in [4.69, 9.17) is 4.74 Å². The summed E-state index contributed by atoms with van der Waals surface area (Å²) in [6.07, 6.45) is 3.69. The van der Waals surface area contributed by atoms with Gasteiger partial charge in [0.1, 0.15) is 5.75 Å². The summed E-state index contributed by atoms with van der Waals surface area (Å²) in [7, 11) is 0. The van der Waals surface area contributed by atoms with Crippen molar-refractivity contribution in [1.82, 2.24) is 10.3 Å². The SMILES string of the molecule is CCNC(c1cncc(OCC)c1)c1cc2sccc2s1. The van der Waals surface area contributed by atoms with Crippen molar-refractivity contribution in [2.24, 2.45) is 0 Å². The van der Waals surface area contributed by atoms with Crippen molar-refractivity contribution in [3.8, 4) is 5.75 Å². The maximum Gasteiger partial charge on any atom is 0.137 e. The zero-order chi connectivity index (χ0) is 14.7. The molecule has 0 aliphatic rings. The van der Waals surface area contributed by atoms with Crippen molar-refractivity contribution >= 4 is 32.1 Å². The molecule has 3 aromatic heterocycles. The summed E-state index contributed by atoms with van der Waals surface area (Å²) < 4.78 is 8.28. The van der Waals surface area contributed by atoms with Gasteiger partial charge < -0.3 is 10.1 Å². The molecule has 1 atom stereocenters. The Bertz CT molecular complexity index is 691. The second-order valence-electron chi connectivity index (χ2n) is 4.68. The molecule has 0 bridgehead atoms. The van der Waals surface area contributed by atoms with Crippen LogP contribution in [0, 0.1) is 0 Å². The lowest BCUT2D eigenvalue weighted by Crippen LogP contribution is -2.21. The Morgan fingerprint density at radius 3 is 2.90 bits per heavy atom. The minimum absolute atomic E-state index is 0.174. The van der Waals surface area contributed by atoms with E-state index >= 15 is 0 Å². The fourth-order valence-corrected chi connectivity index (χ4v) is 4.58. The van der Waals surface area contributed by atoms with Crippen LogP contribution < -0.4 is 10.1 Å². The van der Waals surface area contributed by atoms with Gasteiger partial charge in [0.25, 0.3) is 0 Å². The van der Waals surface area contributed by atoms with Crippen LogP contribution in [0.15, 0.2) is 36.0 Å². The van der Waals surface area contributed by atoms with Gasteiger partial charge in [0.15, 0.2) is 0 Å². The van der Waals surface area contributed by atoms with Crippen LogP contribution in [0.4, 0.5) is 0 Å². The highest BCUT2D eigenvalue weighted by Crippen LogP contribution is 2.36. The zero-order valence-corrected chi connectivity index (χ0v) is 13.8. The third-order valence-electron chi connectivity index (χ3n) is 3.23. The summed E-state index contributed by atoms with van der Waals surface area (Å²) in [6, 6.07) is 6.72. The second kappa shape index (κ2) is 6.56. The van der Waals surface area contributed by atoms with E-state index in [1.807, 2.05) is 24.5 Å². The van der Waals surface area contributed by atoms with Gasteiger partial charge in [-0.2, -0.15) is 0 Å². The molecule has 3 aromatic rings. The molecule has 1 unspecified atom stereocenters. The first-order valence-corrected chi connectivity index (χ1v) is 8.79. The van der Waals surface area contributed by atoms with E-state index < -0.39 is 0 Å². The molecule has 0 saturated carbocycles. The van der Waals surface area contributed by atoms with Gasteiger partial charge in [-0.05, 0) is 42.6 Å². The second-order valence-corrected chi connectivity index (χ2v) is 6.74. The number of aromatic nitrogens is 1. The largest absolute Gasteiger partial charge is 0.492 e. The molecule has 1 N–H and O–H groups in total. The molecule has 21 heavy (non-hydrogen) atoms. The molecular weight excluding hydrogens is 300 g/mol. The molecule has 3 nitrogen and oxygen atoms in total. The maximum absolute atomic E-state index is 5.57. The van der Waals surface area contributed by atoms with Crippen LogP contribution in [0.5, 0.6) is 5.75 Å². The van der Waals surface area contributed by atoms with Crippen LogP contribution in [-0.4, -0.2) is 18.1 Å². The lowest BCUT2D eigenvalue weighted by Gasteiger charge is -2.17. The molecular formula is C16H18N2OS2. The van der Waals surface area contributed by atoms with Crippen molar-refractivity contribution in [2.45, 2.75) is 19.9 Å². The fraction of sp³-hybridized carbons (Fsp3) is 0.312. The van der Waals surface area contributed by atoms with Crippen molar-refractivity contribution in [1.29, 1.82) is 0 Å². The van der Waals surface area contributed by atoms with Gasteiger partial charge in [-0.25, -0.2) is 0 Å². The molecule has 0 radical (unpaired) electrons. The van der Waals surface area contributed by atoms with Crippen LogP contribution in [0.2, 0.25) is 0 Å². The Labute approximate surface area is 132 Å². The van der Waals surface area contributed by atoms with Crippen LogP contribution >= 0.6 is 22.7 Å². The number of hydrogen-bond donors (Lipinski definition) is 1. The van der Waals surface area contributed by atoms with Gasteiger partial charge in [0, 0.05) is 20.5 Å². The summed E-state index contributed by atoms with van der Waals surface area (Å²) in [5.74, 6) is 0.830. The third kappa shape index (κ3) is 3.10. The highest BCUT2D eigenvalue weighted by Gasteiger charge is 2.17. The van der Waals surface area contributed by atoms with E-state index in [-0.39, 0.29) is 6.04 Å². The standard InChI is InChI=1S/C16H18N2OS2/c1-3-18-16(11-7-12(19-4-2)10-17-9-11)15-8-14-13(21-15)5-6-20-14/h5-10,16,18H,3-4H2,1-2H3. The zero-order valence-electron chi connectivity index (χ0n) is 12.1. The van der Waals surface area contributed by atoms with Gasteiger partial charge >= 0.3 is 0 Å². The minimum atomic E-state index is 0.174. The summed E-state index contributed by atoms with van der Waals surface area (Å²) in [5.41, 5.74) is 1.15. The number of hydrogen-bond acceptors (Lipinski definition) is 5. The van der Waals surface area contributed by atoms with Gasteiger partial charge in [-0.1, -0.05) is 6.92 Å². The first-order valence-electron chi connectivity index (χ1n) is 7.10. The van der Waals surface area contributed by atoms with E-state index in [0.717, 1.165) is 17.9 Å². The molecule has 0 amide bonds. The molecule has 0 aromatic carbocycles. The number of pyridine rings is 1. The average Bonchev–Trinajstić information content (AvgIpc) is 3.06. The van der Waals surface area contributed by atoms with Gasteiger partial charge in [-0.3, -0.25) is 4.98 Å². The average molecular weight is 318 g/mol. The van der Waals surface area contributed by atoms with E-state index in [9.17, 15) is 0 Å². The Hall–Kier alpha value is -1.43. The lowest BCUT2D eigenvalue weighted by molar-refractivity contribution is 0.338. The van der Waals surface area contributed by atoms with E-state index in [0.29, 0.717) is 6.61 Å². The molecule has 5 heteroatoms. The van der Waals surface area contributed by atoms with E-state index in [1.165, 1.54) is 14.3 Å². The summed E-state index contributed by atoms with van der Waals surface area (Å²) in [5, 5.41) is 5.70. The first-order chi connectivity index (χ1) is 10.3. The molecule has 0 fully saturated rings. The lowest BCUT2D eigenvalue weighted by atomic mass is 10.1. The van der Waals surface area contributed by atoms with Crippen LogP contribution in [0.1, 0.15) is 30.3 Å². The van der Waals surface area contributed by atoms with Crippen molar-refractivity contribution in [3.05, 3.63) is 46.4 Å². The van der Waals surface area contributed by atoms with Gasteiger partial charge in [0.05, 0.1) is 18.8 Å². The van der Waals surface area contributed by atoms with Crippen LogP contribution in [0.25, 0.3) is 9.40 Å². The van der Waals surface area contributed by atoms with E-state index in [2.05, 4.69) is 40.8 Å². The summed E-state index contributed by atoms with van der Waals surface area (Å²) in [6.45, 7) is 5.69. The molecule has 110 valence electrons. The number of nitrogens with one attached hydrogen (secondary N) is 1. The highest BCUT2D eigenvalue weighted by atomic mass is 32.1. The molecule has 3 heterocycles. The van der Waals surface area contributed by atoms with E-state index in [1.54, 1.807) is 17.5 Å². The van der Waals surface area contributed by atoms with Crippen LogP contribution in [0.3, 0.4) is 0 Å². The monoisotopic (exact) mass is 318 g/mol. The summed E-state index contributed by atoms with van der Waals surface area (Å²) >= 11 is 3.64. The van der Waals surface area contributed by atoms with Crippen molar-refractivity contribution in [2.75, 3.05) is 13.2 Å². The Morgan fingerprint density at radius 2 is 2.14 bits per heavy atom. The number of rotatable bonds is 6. The molecule has 0 aliphatic carbocycles. The smallest absolute Gasteiger partial charge is 0.137 e. The number of ether oxygens (including phenoxy) is 1. The topological polar surface area (TPSA) is 34.2 Å². The molecule has 3 rings (SSSR count). The summed E-state index contributed by atoms with van der Waals surface area (Å²) in [4.78, 5) is 5.64. The fourth-order valence-electron chi connectivity index (χ4n) is 2.35.